The quantitative estimate of drug-likeness (QED) is 0.327. The van der Waals surface area contributed by atoms with Gasteiger partial charge in [0.25, 0.3) is 0 Å². The summed E-state index contributed by atoms with van der Waals surface area (Å²) in [5.41, 5.74) is 13.8. The molecule has 1 aliphatic rings. The topological polar surface area (TPSA) is 77.0 Å². The molecule has 6 nitrogen and oxygen atoms in total. The van der Waals surface area contributed by atoms with E-state index in [-0.39, 0.29) is 5.91 Å². The molecule has 1 aliphatic heterocycles. The molecular weight excluding hydrogens is 466 g/mol. The van der Waals surface area contributed by atoms with Gasteiger partial charge in [0, 0.05) is 58.5 Å². The number of carbonyl (C=O) groups excluding carboxylic acids is 1. The van der Waals surface area contributed by atoms with E-state index in [0.717, 1.165) is 50.0 Å². The molecule has 1 amide bonds. The van der Waals surface area contributed by atoms with E-state index in [4.69, 9.17) is 5.73 Å². The van der Waals surface area contributed by atoms with Gasteiger partial charge in [0.1, 0.15) is 5.82 Å². The van der Waals surface area contributed by atoms with Gasteiger partial charge in [0.15, 0.2) is 0 Å². The van der Waals surface area contributed by atoms with E-state index < -0.39 is 0 Å². The van der Waals surface area contributed by atoms with Gasteiger partial charge in [-0.3, -0.25) is 9.48 Å². The predicted molar refractivity (Wildman–Crippen MR) is 149 cm³/mol. The summed E-state index contributed by atoms with van der Waals surface area (Å²) in [6, 6.07) is 16.3. The van der Waals surface area contributed by atoms with E-state index in [1.165, 1.54) is 5.56 Å². The number of aryl methyl sites for hydroxylation is 1. The van der Waals surface area contributed by atoms with Crippen molar-refractivity contribution in [3.8, 4) is 22.3 Å². The van der Waals surface area contributed by atoms with Gasteiger partial charge in [-0.05, 0) is 40.6 Å². The van der Waals surface area contributed by atoms with Crippen LogP contribution in [0.2, 0.25) is 0 Å². The maximum absolute atomic E-state index is 13.0. The molecule has 0 fully saturated rings. The van der Waals surface area contributed by atoms with Gasteiger partial charge < -0.3 is 10.6 Å². The highest BCUT2D eigenvalue weighted by atomic mass is 32.1. The number of aromatic nitrogens is 3. The number of nitrogens with zero attached hydrogens (tertiary/aromatic N) is 4. The summed E-state index contributed by atoms with van der Waals surface area (Å²) in [6.07, 6.45) is 6.93. The average molecular weight is 496 g/mol. The van der Waals surface area contributed by atoms with Crippen molar-refractivity contribution >= 4 is 38.8 Å². The second-order valence-electron chi connectivity index (χ2n) is 8.61. The Kier molecular flexibility index (Phi) is 6.57. The minimum absolute atomic E-state index is 0.133. The number of rotatable bonds is 4. The number of thiophene rings is 1. The maximum Gasteiger partial charge on any atom is 0.231 e. The van der Waals surface area contributed by atoms with Crippen molar-refractivity contribution in [2.24, 2.45) is 7.05 Å². The smallest absolute Gasteiger partial charge is 0.231 e. The summed E-state index contributed by atoms with van der Waals surface area (Å²) in [5, 5.41) is 7.43. The van der Waals surface area contributed by atoms with Crippen LogP contribution in [0.4, 0.5) is 11.5 Å². The van der Waals surface area contributed by atoms with Crippen LogP contribution < -0.4 is 10.6 Å². The van der Waals surface area contributed by atoms with Crippen molar-refractivity contribution in [3.05, 3.63) is 83.6 Å². The standard InChI is InChI=1S/C27H23N5OS.C2H6/c1-31-15-20(13-30-31)21-14-29-27(28)25-22(16-34-26(21)25)18-7-8-23-19(12-18)9-10-32(23)24(33)11-17-5-3-2-4-6-17;1-2/h2-8,12-16H,9-11H2,1H3,(H2,28,29);1-2H3. The Hall–Kier alpha value is -3.97. The Morgan fingerprint density at radius 3 is 2.61 bits per heavy atom. The zero-order valence-corrected chi connectivity index (χ0v) is 21.5. The molecule has 0 unspecified atom stereocenters. The van der Waals surface area contributed by atoms with Gasteiger partial charge in [0.05, 0.1) is 12.6 Å². The fraction of sp³-hybridized carbons (Fsp3) is 0.207. The molecular formula is C29H29N5OS. The first-order valence-corrected chi connectivity index (χ1v) is 13.1. The highest BCUT2D eigenvalue weighted by molar-refractivity contribution is 7.18. The first-order chi connectivity index (χ1) is 17.6. The average Bonchev–Trinajstić information content (AvgIpc) is 3.64. The zero-order valence-electron chi connectivity index (χ0n) is 20.7. The number of anilines is 2. The van der Waals surface area contributed by atoms with Crippen molar-refractivity contribution in [3.63, 3.8) is 0 Å². The van der Waals surface area contributed by atoms with Crippen molar-refractivity contribution in [2.45, 2.75) is 26.7 Å². The summed E-state index contributed by atoms with van der Waals surface area (Å²) in [7, 11) is 1.91. The Morgan fingerprint density at radius 1 is 1.06 bits per heavy atom. The number of benzene rings is 2. The van der Waals surface area contributed by atoms with Crippen LogP contribution in [0.5, 0.6) is 0 Å². The molecule has 0 saturated carbocycles. The molecule has 0 bridgehead atoms. The molecule has 2 aromatic carbocycles. The van der Waals surface area contributed by atoms with E-state index >= 15 is 0 Å². The molecule has 4 heterocycles. The van der Waals surface area contributed by atoms with Crippen LogP contribution in [0.15, 0.2) is 72.5 Å². The molecule has 0 aliphatic carbocycles. The van der Waals surface area contributed by atoms with Crippen LogP contribution in [0.25, 0.3) is 32.3 Å². The molecule has 0 radical (unpaired) electrons. The van der Waals surface area contributed by atoms with Crippen LogP contribution >= 0.6 is 11.3 Å². The van der Waals surface area contributed by atoms with Crippen molar-refractivity contribution in [1.29, 1.82) is 0 Å². The van der Waals surface area contributed by atoms with Gasteiger partial charge in [-0.15, -0.1) is 11.3 Å². The summed E-state index contributed by atoms with van der Waals surface area (Å²) in [6.45, 7) is 4.71. The number of hydrogen-bond acceptors (Lipinski definition) is 5. The number of hydrogen-bond donors (Lipinski definition) is 1. The lowest BCUT2D eigenvalue weighted by molar-refractivity contribution is -0.117. The second-order valence-corrected chi connectivity index (χ2v) is 9.49. The minimum Gasteiger partial charge on any atom is -0.383 e. The molecule has 0 atom stereocenters. The van der Waals surface area contributed by atoms with Gasteiger partial charge in [-0.1, -0.05) is 50.2 Å². The third kappa shape index (κ3) is 4.27. The van der Waals surface area contributed by atoms with Crippen LogP contribution in [0.1, 0.15) is 25.0 Å². The first-order valence-electron chi connectivity index (χ1n) is 12.2. The summed E-state index contributed by atoms with van der Waals surface area (Å²) >= 11 is 1.67. The number of nitrogens with two attached hydrogens (primary N) is 1. The zero-order chi connectivity index (χ0) is 25.2. The number of fused-ring (bicyclic) bond motifs is 2. The van der Waals surface area contributed by atoms with Gasteiger partial charge in [0.2, 0.25) is 5.91 Å². The molecule has 6 rings (SSSR count). The highest BCUT2D eigenvalue weighted by Gasteiger charge is 2.25. The summed E-state index contributed by atoms with van der Waals surface area (Å²) < 4.78 is 2.90. The summed E-state index contributed by atoms with van der Waals surface area (Å²) in [4.78, 5) is 19.4. The fourth-order valence-electron chi connectivity index (χ4n) is 4.74. The van der Waals surface area contributed by atoms with Crippen LogP contribution in [-0.2, 0) is 24.7 Å². The van der Waals surface area contributed by atoms with Gasteiger partial charge in [-0.2, -0.15) is 5.10 Å². The molecule has 0 spiro atoms. The largest absolute Gasteiger partial charge is 0.383 e. The van der Waals surface area contributed by atoms with Gasteiger partial charge >= 0.3 is 0 Å². The number of nitrogen functional groups attached to an aromatic ring is 1. The fourth-order valence-corrected chi connectivity index (χ4v) is 5.86. The minimum atomic E-state index is 0.133. The van der Waals surface area contributed by atoms with Crippen LogP contribution in [-0.4, -0.2) is 27.2 Å². The lowest BCUT2D eigenvalue weighted by atomic mass is 10.00. The Morgan fingerprint density at radius 2 is 1.86 bits per heavy atom. The molecule has 5 aromatic rings. The van der Waals surface area contributed by atoms with Crippen molar-refractivity contribution < 1.29 is 4.79 Å². The normalized spacial score (nSPS) is 12.4. The first kappa shape index (κ1) is 23.8. The number of pyridine rings is 1. The van der Waals surface area contributed by atoms with E-state index in [0.29, 0.717) is 18.8 Å². The van der Waals surface area contributed by atoms with Crippen LogP contribution in [0.3, 0.4) is 0 Å². The second kappa shape index (κ2) is 9.95. The predicted octanol–water partition coefficient (Wildman–Crippen LogP) is 6.10. The van der Waals surface area contributed by atoms with Crippen LogP contribution in [0, 0.1) is 0 Å². The molecule has 7 heteroatoms. The SMILES string of the molecule is CC.Cn1cc(-c2cnc(N)c3c(-c4ccc5c(c4)CCN5C(=O)Cc4ccccc4)csc23)cn1. The molecule has 3 aromatic heterocycles. The number of carbonyl (C=O) groups is 1. The Bertz CT molecular complexity index is 1540. The summed E-state index contributed by atoms with van der Waals surface area (Å²) in [5.74, 6) is 0.660. The lowest BCUT2D eigenvalue weighted by Crippen LogP contribution is -2.30. The maximum atomic E-state index is 13.0. The van der Waals surface area contributed by atoms with E-state index in [1.54, 1.807) is 16.0 Å². The van der Waals surface area contributed by atoms with Crippen molar-refractivity contribution in [2.75, 3.05) is 17.2 Å². The third-order valence-electron chi connectivity index (χ3n) is 6.43. The molecule has 2 N–H and O–H groups in total. The van der Waals surface area contributed by atoms with E-state index in [2.05, 4.69) is 33.7 Å². The van der Waals surface area contributed by atoms with E-state index in [9.17, 15) is 4.79 Å². The molecule has 0 saturated heterocycles. The molecule has 36 heavy (non-hydrogen) atoms. The Balaban J connectivity index is 0.00000130. The highest BCUT2D eigenvalue weighted by Crippen LogP contribution is 2.43. The lowest BCUT2D eigenvalue weighted by Gasteiger charge is -2.18. The van der Waals surface area contributed by atoms with Gasteiger partial charge in [-0.25, -0.2) is 4.98 Å². The van der Waals surface area contributed by atoms with Crippen molar-refractivity contribution in [1.82, 2.24) is 14.8 Å². The number of amides is 1. The molecule has 182 valence electrons. The Labute approximate surface area is 215 Å². The third-order valence-corrected chi connectivity index (χ3v) is 7.44. The monoisotopic (exact) mass is 495 g/mol. The van der Waals surface area contributed by atoms with E-state index in [1.807, 2.05) is 74.7 Å².